The molecule has 0 saturated heterocycles. The maximum atomic E-state index is 13.2. The average Bonchev–Trinajstić information content (AvgIpc) is 3.11. The van der Waals surface area contributed by atoms with E-state index in [1.165, 1.54) is 0 Å². The summed E-state index contributed by atoms with van der Waals surface area (Å²) in [5.74, 6) is -3.79. The molecular formula is C11H11F3N2O. The van der Waals surface area contributed by atoms with Gasteiger partial charge < -0.3 is 10.6 Å². The van der Waals surface area contributed by atoms with E-state index < -0.39 is 23.5 Å². The van der Waals surface area contributed by atoms with Gasteiger partial charge in [-0.1, -0.05) is 0 Å². The third-order valence-corrected chi connectivity index (χ3v) is 2.53. The lowest BCUT2D eigenvalue weighted by Gasteiger charge is -2.08. The van der Waals surface area contributed by atoms with E-state index >= 15 is 0 Å². The number of halogens is 3. The predicted molar refractivity (Wildman–Crippen MR) is 56.1 cm³/mol. The molecule has 92 valence electrons. The molecule has 2 amide bonds. The van der Waals surface area contributed by atoms with E-state index in [-0.39, 0.29) is 5.69 Å². The zero-order chi connectivity index (χ0) is 12.4. The third kappa shape index (κ3) is 2.89. The van der Waals surface area contributed by atoms with Crippen LogP contribution in [0.25, 0.3) is 0 Å². The Balaban J connectivity index is 1.97. The summed E-state index contributed by atoms with van der Waals surface area (Å²) < 4.78 is 38.6. The Bertz CT molecular complexity index is 447. The Hall–Kier alpha value is -1.72. The number of urea groups is 1. The minimum Gasteiger partial charge on any atom is -0.338 e. The highest BCUT2D eigenvalue weighted by atomic mass is 19.2. The highest BCUT2D eigenvalue weighted by Crippen LogP contribution is 2.27. The van der Waals surface area contributed by atoms with Gasteiger partial charge >= 0.3 is 6.03 Å². The van der Waals surface area contributed by atoms with Crippen LogP contribution in [0.5, 0.6) is 0 Å². The number of hydrogen-bond donors (Lipinski definition) is 2. The Morgan fingerprint density at radius 3 is 2.59 bits per heavy atom. The lowest BCUT2D eigenvalue weighted by Crippen LogP contribution is -2.30. The minimum atomic E-state index is -1.59. The van der Waals surface area contributed by atoms with Crippen LogP contribution < -0.4 is 10.6 Å². The fourth-order valence-electron chi connectivity index (χ4n) is 1.35. The number of carbonyl (C=O) groups is 1. The van der Waals surface area contributed by atoms with Gasteiger partial charge in [-0.3, -0.25) is 0 Å². The highest BCUT2D eigenvalue weighted by molar-refractivity contribution is 5.89. The standard InChI is InChI=1S/C11H11F3N2O/c12-7-3-4-8(10(14)9(7)13)16-11(17)15-5-6-1-2-6/h3-4,6H,1-2,5H2,(H2,15,16,17). The van der Waals surface area contributed by atoms with Crippen LogP contribution in [0.4, 0.5) is 23.7 Å². The van der Waals surface area contributed by atoms with Crippen molar-refractivity contribution in [2.75, 3.05) is 11.9 Å². The van der Waals surface area contributed by atoms with Crippen LogP contribution in [0.3, 0.4) is 0 Å². The second-order valence-corrected chi connectivity index (χ2v) is 4.00. The summed E-state index contributed by atoms with van der Waals surface area (Å²) in [7, 11) is 0. The molecule has 1 aliphatic rings. The van der Waals surface area contributed by atoms with Gasteiger partial charge in [0.25, 0.3) is 0 Å². The molecular weight excluding hydrogens is 233 g/mol. The summed E-state index contributed by atoms with van der Waals surface area (Å²) in [5, 5.41) is 4.65. The van der Waals surface area contributed by atoms with Crippen molar-refractivity contribution in [1.29, 1.82) is 0 Å². The molecule has 0 radical (unpaired) electrons. The topological polar surface area (TPSA) is 41.1 Å². The normalized spacial score (nSPS) is 14.5. The molecule has 3 nitrogen and oxygen atoms in total. The van der Waals surface area contributed by atoms with Crippen molar-refractivity contribution in [2.24, 2.45) is 5.92 Å². The van der Waals surface area contributed by atoms with Gasteiger partial charge in [0, 0.05) is 6.54 Å². The molecule has 6 heteroatoms. The molecule has 17 heavy (non-hydrogen) atoms. The monoisotopic (exact) mass is 244 g/mol. The molecule has 1 aromatic carbocycles. The van der Waals surface area contributed by atoms with E-state index in [9.17, 15) is 18.0 Å². The Morgan fingerprint density at radius 2 is 1.94 bits per heavy atom. The van der Waals surface area contributed by atoms with Gasteiger partial charge in [-0.05, 0) is 30.9 Å². The molecule has 0 atom stereocenters. The van der Waals surface area contributed by atoms with Gasteiger partial charge in [-0.15, -0.1) is 0 Å². The lowest BCUT2D eigenvalue weighted by molar-refractivity contribution is 0.251. The number of carbonyl (C=O) groups excluding carboxylic acids is 1. The van der Waals surface area contributed by atoms with Crippen LogP contribution in [0, 0.1) is 23.4 Å². The van der Waals surface area contributed by atoms with Gasteiger partial charge in [0.05, 0.1) is 5.69 Å². The fraction of sp³-hybridized carbons (Fsp3) is 0.364. The van der Waals surface area contributed by atoms with Crippen LogP contribution in [0.2, 0.25) is 0 Å². The van der Waals surface area contributed by atoms with E-state index in [0.717, 1.165) is 25.0 Å². The van der Waals surface area contributed by atoms with E-state index in [4.69, 9.17) is 0 Å². The summed E-state index contributed by atoms with van der Waals surface area (Å²) in [4.78, 5) is 11.3. The number of anilines is 1. The minimum absolute atomic E-state index is 0.378. The lowest BCUT2D eigenvalue weighted by atomic mass is 10.3. The molecule has 0 aliphatic heterocycles. The Kier molecular flexibility index (Phi) is 3.21. The van der Waals surface area contributed by atoms with Crippen molar-refractivity contribution < 1.29 is 18.0 Å². The summed E-state index contributed by atoms with van der Waals surface area (Å²) in [6, 6.07) is 1.11. The maximum absolute atomic E-state index is 13.2. The van der Waals surface area contributed by atoms with Gasteiger partial charge in [0.2, 0.25) is 0 Å². The molecule has 2 N–H and O–H groups in total. The smallest absolute Gasteiger partial charge is 0.319 e. The largest absolute Gasteiger partial charge is 0.338 e. The van der Waals surface area contributed by atoms with Crippen molar-refractivity contribution >= 4 is 11.7 Å². The molecule has 0 heterocycles. The fourth-order valence-corrected chi connectivity index (χ4v) is 1.35. The SMILES string of the molecule is O=C(NCC1CC1)Nc1ccc(F)c(F)c1F. The van der Waals surface area contributed by atoms with E-state index in [0.29, 0.717) is 12.5 Å². The molecule has 2 rings (SSSR count). The molecule has 0 spiro atoms. The number of hydrogen-bond acceptors (Lipinski definition) is 1. The predicted octanol–water partition coefficient (Wildman–Crippen LogP) is 2.64. The zero-order valence-corrected chi connectivity index (χ0v) is 8.90. The first-order chi connectivity index (χ1) is 8.08. The molecule has 1 aromatic rings. The summed E-state index contributed by atoms with van der Waals surface area (Å²) in [6.45, 7) is 0.511. The molecule has 1 aliphatic carbocycles. The van der Waals surface area contributed by atoms with Gasteiger partial charge in [-0.2, -0.15) is 0 Å². The van der Waals surface area contributed by atoms with Gasteiger partial charge in [0.1, 0.15) is 0 Å². The van der Waals surface area contributed by atoms with Crippen LogP contribution in [-0.2, 0) is 0 Å². The Morgan fingerprint density at radius 1 is 1.24 bits per heavy atom. The van der Waals surface area contributed by atoms with E-state index in [2.05, 4.69) is 10.6 Å². The molecule has 0 unspecified atom stereocenters. The highest BCUT2D eigenvalue weighted by Gasteiger charge is 2.22. The summed E-state index contributed by atoms with van der Waals surface area (Å²) in [5.41, 5.74) is -0.378. The number of benzene rings is 1. The molecule has 0 bridgehead atoms. The second-order valence-electron chi connectivity index (χ2n) is 4.00. The van der Waals surface area contributed by atoms with Crippen molar-refractivity contribution in [3.8, 4) is 0 Å². The Labute approximate surface area is 96.0 Å². The van der Waals surface area contributed by atoms with Crippen LogP contribution in [-0.4, -0.2) is 12.6 Å². The second kappa shape index (κ2) is 4.65. The van der Waals surface area contributed by atoms with Crippen molar-refractivity contribution in [3.63, 3.8) is 0 Å². The van der Waals surface area contributed by atoms with Gasteiger partial charge in [-0.25, -0.2) is 18.0 Å². The van der Waals surface area contributed by atoms with Crippen LogP contribution >= 0.6 is 0 Å². The van der Waals surface area contributed by atoms with E-state index in [1.807, 2.05) is 0 Å². The van der Waals surface area contributed by atoms with Crippen molar-refractivity contribution in [2.45, 2.75) is 12.8 Å². The maximum Gasteiger partial charge on any atom is 0.319 e. The number of amides is 2. The average molecular weight is 244 g/mol. The summed E-state index contributed by atoms with van der Waals surface area (Å²) in [6.07, 6.45) is 2.14. The van der Waals surface area contributed by atoms with Crippen LogP contribution in [0.1, 0.15) is 12.8 Å². The molecule has 1 saturated carbocycles. The molecule has 1 fully saturated rings. The number of rotatable bonds is 3. The van der Waals surface area contributed by atoms with E-state index in [1.54, 1.807) is 0 Å². The molecule has 0 aromatic heterocycles. The first kappa shape index (κ1) is 11.8. The number of nitrogens with one attached hydrogen (secondary N) is 2. The zero-order valence-electron chi connectivity index (χ0n) is 8.90. The van der Waals surface area contributed by atoms with Gasteiger partial charge in [0.15, 0.2) is 17.5 Å². The van der Waals surface area contributed by atoms with Crippen LogP contribution in [0.15, 0.2) is 12.1 Å². The van der Waals surface area contributed by atoms with Crippen molar-refractivity contribution in [1.82, 2.24) is 5.32 Å². The quantitative estimate of drug-likeness (QED) is 0.788. The summed E-state index contributed by atoms with van der Waals surface area (Å²) >= 11 is 0. The van der Waals surface area contributed by atoms with Crippen molar-refractivity contribution in [3.05, 3.63) is 29.6 Å². The third-order valence-electron chi connectivity index (χ3n) is 2.53. The first-order valence-electron chi connectivity index (χ1n) is 5.26. The first-order valence-corrected chi connectivity index (χ1v) is 5.26.